The molecule has 0 aliphatic heterocycles. The number of hydrogen-bond acceptors (Lipinski definition) is 1. The molecule has 15 heavy (non-hydrogen) atoms. The zero-order valence-corrected chi connectivity index (χ0v) is 11.2. The van der Waals surface area contributed by atoms with Gasteiger partial charge in [-0.05, 0) is 37.4 Å². The lowest BCUT2D eigenvalue weighted by Crippen LogP contribution is -2.12. The molecule has 0 bridgehead atoms. The van der Waals surface area contributed by atoms with Gasteiger partial charge in [-0.25, -0.2) is 4.39 Å². The molecule has 0 unspecified atom stereocenters. The number of hydrogen-bond donors (Lipinski definition) is 0. The Bertz CT molecular complexity index is 306. The molecule has 1 rings (SSSR count). The smallest absolute Gasteiger partial charge is 0.241 e. The summed E-state index contributed by atoms with van der Waals surface area (Å²) in [5, 5.41) is 0. The second kappa shape index (κ2) is 6.40. The van der Waals surface area contributed by atoms with Gasteiger partial charge < -0.3 is 4.74 Å². The number of benzene rings is 1. The van der Waals surface area contributed by atoms with E-state index in [9.17, 15) is 4.39 Å². The van der Waals surface area contributed by atoms with Crippen LogP contribution in [0, 0.1) is 0 Å². The Kier molecular flexibility index (Phi) is 5.50. The molecule has 0 amide bonds. The molecule has 82 valence electrons. The van der Waals surface area contributed by atoms with Crippen LogP contribution in [0.15, 0.2) is 36.4 Å². The minimum absolute atomic E-state index is 0.0356. The zero-order valence-electron chi connectivity index (χ0n) is 8.00. The minimum atomic E-state index is -1.62. The van der Waals surface area contributed by atoms with Gasteiger partial charge >= 0.3 is 0 Å². The first kappa shape index (κ1) is 12.9. The van der Waals surface area contributed by atoms with Gasteiger partial charge in [-0.15, -0.1) is 0 Å². The summed E-state index contributed by atoms with van der Waals surface area (Å²) in [5.74, 6) is 0. The molecule has 1 nitrogen and oxygen atoms in total. The van der Waals surface area contributed by atoms with E-state index in [-0.39, 0.29) is 6.61 Å². The molecule has 0 heterocycles. The quantitative estimate of drug-likeness (QED) is 0.580. The minimum Gasteiger partial charge on any atom is -0.372 e. The lowest BCUT2D eigenvalue weighted by Gasteiger charge is -2.08. The van der Waals surface area contributed by atoms with Crippen molar-refractivity contribution in [1.29, 1.82) is 0 Å². The molecular formula is C11H11Br2FO. The van der Waals surface area contributed by atoms with E-state index in [1.165, 1.54) is 0 Å². The highest BCUT2D eigenvalue weighted by Gasteiger charge is 2.19. The summed E-state index contributed by atoms with van der Waals surface area (Å²) in [7, 11) is 0. The molecule has 0 N–H and O–H groups in total. The van der Waals surface area contributed by atoms with Crippen LogP contribution >= 0.6 is 31.9 Å². The maximum Gasteiger partial charge on any atom is 0.241 e. The van der Waals surface area contributed by atoms with E-state index in [1.54, 1.807) is 0 Å². The molecule has 0 radical (unpaired) electrons. The summed E-state index contributed by atoms with van der Waals surface area (Å²) in [6.45, 7) is 0.351. The molecule has 0 saturated carbocycles. The molecule has 4 heteroatoms. The van der Waals surface area contributed by atoms with Crippen molar-refractivity contribution in [2.24, 2.45) is 0 Å². The third-order valence-corrected chi connectivity index (χ3v) is 2.05. The largest absolute Gasteiger partial charge is 0.372 e. The van der Waals surface area contributed by atoms with Crippen molar-refractivity contribution in [2.75, 3.05) is 13.2 Å². The lowest BCUT2D eigenvalue weighted by molar-refractivity contribution is 0.126. The van der Waals surface area contributed by atoms with E-state index in [2.05, 4.69) is 31.9 Å². The van der Waals surface area contributed by atoms with Gasteiger partial charge in [0, 0.05) is 0 Å². The van der Waals surface area contributed by atoms with Gasteiger partial charge in [0.25, 0.3) is 0 Å². The fourth-order valence-electron chi connectivity index (χ4n) is 0.991. The normalized spacial score (nSPS) is 12.2. The van der Waals surface area contributed by atoms with Crippen LogP contribution in [0.1, 0.15) is 5.56 Å². The summed E-state index contributed by atoms with van der Waals surface area (Å²) >= 11 is 5.55. The van der Waals surface area contributed by atoms with Crippen molar-refractivity contribution in [1.82, 2.24) is 0 Å². The van der Waals surface area contributed by atoms with Gasteiger partial charge in [-0.3, -0.25) is 0 Å². The SMILES string of the molecule is FC(Br)(Br)COC/C=C/c1ccccc1. The number of halogens is 3. The van der Waals surface area contributed by atoms with Crippen LogP contribution in [0.25, 0.3) is 6.08 Å². The summed E-state index contributed by atoms with van der Waals surface area (Å²) < 4.78 is 16.3. The fraction of sp³-hybridized carbons (Fsp3) is 0.273. The Morgan fingerprint density at radius 3 is 2.53 bits per heavy atom. The van der Waals surface area contributed by atoms with E-state index in [4.69, 9.17) is 4.74 Å². The topological polar surface area (TPSA) is 9.23 Å². The van der Waals surface area contributed by atoms with Gasteiger partial charge in [0.2, 0.25) is 3.49 Å². The van der Waals surface area contributed by atoms with Crippen LogP contribution < -0.4 is 0 Å². The third-order valence-electron chi connectivity index (χ3n) is 1.59. The third kappa shape index (κ3) is 6.82. The van der Waals surface area contributed by atoms with Crippen LogP contribution in [0.2, 0.25) is 0 Å². The second-order valence-electron chi connectivity index (χ2n) is 2.94. The Balaban J connectivity index is 2.24. The Hall–Kier alpha value is -0.190. The predicted molar refractivity (Wildman–Crippen MR) is 68.0 cm³/mol. The number of rotatable bonds is 5. The van der Waals surface area contributed by atoms with Crippen LogP contribution in [0.3, 0.4) is 0 Å². The van der Waals surface area contributed by atoms with Gasteiger partial charge in [0.1, 0.15) is 6.61 Å². The molecule has 1 aromatic carbocycles. The molecule has 0 aromatic heterocycles. The maximum atomic E-state index is 12.8. The van der Waals surface area contributed by atoms with Crippen molar-refractivity contribution in [3.05, 3.63) is 42.0 Å². The standard InChI is InChI=1S/C11H11Br2FO/c12-11(13,14)9-15-8-4-7-10-5-2-1-3-6-10/h1-7H,8-9H2/b7-4+. The molecule has 0 saturated heterocycles. The lowest BCUT2D eigenvalue weighted by atomic mass is 10.2. The first-order chi connectivity index (χ1) is 7.08. The average Bonchev–Trinajstić information content (AvgIpc) is 2.17. The van der Waals surface area contributed by atoms with Gasteiger partial charge in [-0.2, -0.15) is 0 Å². The maximum absolute atomic E-state index is 12.8. The highest BCUT2D eigenvalue weighted by molar-refractivity contribution is 9.25. The molecule has 0 atom stereocenters. The van der Waals surface area contributed by atoms with E-state index in [0.29, 0.717) is 6.61 Å². The van der Waals surface area contributed by atoms with Crippen LogP contribution in [-0.4, -0.2) is 16.7 Å². The summed E-state index contributed by atoms with van der Waals surface area (Å²) in [6, 6.07) is 9.87. The molecule has 0 spiro atoms. The second-order valence-corrected chi connectivity index (χ2v) is 6.52. The summed E-state index contributed by atoms with van der Waals surface area (Å²) in [4.78, 5) is 0. The number of ether oxygens (including phenoxy) is 1. The summed E-state index contributed by atoms with van der Waals surface area (Å²) in [6.07, 6.45) is 3.78. The van der Waals surface area contributed by atoms with Crippen molar-refractivity contribution >= 4 is 37.9 Å². The van der Waals surface area contributed by atoms with Gasteiger partial charge in [0.05, 0.1) is 6.61 Å². The van der Waals surface area contributed by atoms with Crippen molar-refractivity contribution < 1.29 is 9.13 Å². The Morgan fingerprint density at radius 1 is 1.27 bits per heavy atom. The molecule has 1 aromatic rings. The van der Waals surface area contributed by atoms with Crippen molar-refractivity contribution in [2.45, 2.75) is 3.49 Å². The average molecular weight is 338 g/mol. The van der Waals surface area contributed by atoms with Crippen LogP contribution in [0.4, 0.5) is 4.39 Å². The Labute approximate surface area is 106 Å². The van der Waals surface area contributed by atoms with Crippen LogP contribution in [0.5, 0.6) is 0 Å². The monoisotopic (exact) mass is 336 g/mol. The van der Waals surface area contributed by atoms with Crippen LogP contribution in [-0.2, 0) is 4.74 Å². The highest BCUT2D eigenvalue weighted by atomic mass is 79.9. The van der Waals surface area contributed by atoms with E-state index in [0.717, 1.165) is 5.56 Å². The predicted octanol–water partition coefficient (Wildman–Crippen LogP) is 4.13. The summed E-state index contributed by atoms with van der Waals surface area (Å²) in [5.41, 5.74) is 1.10. The van der Waals surface area contributed by atoms with Gasteiger partial charge in [0.15, 0.2) is 0 Å². The Morgan fingerprint density at radius 2 is 1.93 bits per heavy atom. The van der Waals surface area contributed by atoms with Crippen molar-refractivity contribution in [3.63, 3.8) is 0 Å². The number of alkyl halides is 3. The van der Waals surface area contributed by atoms with Crippen molar-refractivity contribution in [3.8, 4) is 0 Å². The van der Waals surface area contributed by atoms with E-state index < -0.39 is 3.49 Å². The van der Waals surface area contributed by atoms with E-state index >= 15 is 0 Å². The van der Waals surface area contributed by atoms with E-state index in [1.807, 2.05) is 42.5 Å². The zero-order chi connectivity index (χ0) is 11.1. The fourth-order valence-corrected chi connectivity index (χ4v) is 1.31. The first-order valence-electron chi connectivity index (χ1n) is 4.44. The molecular weight excluding hydrogens is 327 g/mol. The molecule has 0 aliphatic carbocycles. The molecule has 0 aliphatic rings. The van der Waals surface area contributed by atoms with Gasteiger partial charge in [-0.1, -0.05) is 42.5 Å². The first-order valence-corrected chi connectivity index (χ1v) is 6.02. The molecule has 0 fully saturated rings. The highest BCUT2D eigenvalue weighted by Crippen LogP contribution is 2.27.